The van der Waals surface area contributed by atoms with Crippen molar-refractivity contribution in [2.75, 3.05) is 45.7 Å². The second kappa shape index (κ2) is 16.6. The number of methoxy groups -OCH3 is 2. The summed E-state index contributed by atoms with van der Waals surface area (Å²) < 4.78 is 17.7. The molecule has 0 bridgehead atoms. The normalized spacial score (nSPS) is 14.0. The number of nitrogens with one attached hydrogen (secondary N) is 2. The first kappa shape index (κ1) is 38.2. The summed E-state index contributed by atoms with van der Waals surface area (Å²) in [5.74, 6) is 1.73. The van der Waals surface area contributed by atoms with E-state index in [0.717, 1.165) is 71.8 Å². The molecule has 0 unspecified atom stereocenters. The molecule has 0 radical (unpaired) electrons. The van der Waals surface area contributed by atoms with Gasteiger partial charge in [0.15, 0.2) is 5.58 Å². The Balaban J connectivity index is 0.00000131. The largest absolute Gasteiger partial charge is 0.496 e. The van der Waals surface area contributed by atoms with Crippen LogP contribution in [-0.2, 0) is 11.3 Å². The fourth-order valence-electron chi connectivity index (χ4n) is 7.24. The lowest BCUT2D eigenvalue weighted by molar-refractivity contribution is -0.147. The van der Waals surface area contributed by atoms with Gasteiger partial charge in [0.25, 0.3) is 0 Å². The van der Waals surface area contributed by atoms with E-state index in [1.807, 2.05) is 88.0 Å². The standard InChI is InChI=1S/C38H34N6O5.2C2H6/c1-23-27(6-4-7-28(23)37-42-33-11-24(17-45)10-25(14-39)36(33)49-37)29-8-5-9-32(30(29)15-40)41-26-12-34(47-2)31(35(13-26)48-3)16-43-18-38(19-43)20-44(21-38)22-46;2*1-2/h4-13,15,17,22,40-41H,16,18-21H2,1-3H3;2*1-2H3. The van der Waals surface area contributed by atoms with Gasteiger partial charge in [-0.25, -0.2) is 4.98 Å². The van der Waals surface area contributed by atoms with Crippen LogP contribution >= 0.6 is 0 Å². The lowest BCUT2D eigenvalue weighted by atomic mass is 9.73. The molecule has 274 valence electrons. The zero-order valence-corrected chi connectivity index (χ0v) is 31.4. The minimum absolute atomic E-state index is 0.208. The van der Waals surface area contributed by atoms with Gasteiger partial charge in [-0.3, -0.25) is 14.5 Å². The van der Waals surface area contributed by atoms with Crippen LogP contribution in [0.4, 0.5) is 11.4 Å². The molecule has 7 rings (SSSR count). The smallest absolute Gasteiger partial charge is 0.227 e. The van der Waals surface area contributed by atoms with Gasteiger partial charge in [-0.1, -0.05) is 52.0 Å². The average Bonchev–Trinajstić information content (AvgIpc) is 3.60. The lowest BCUT2D eigenvalue weighted by Gasteiger charge is -2.59. The minimum Gasteiger partial charge on any atom is -0.496 e. The zero-order valence-electron chi connectivity index (χ0n) is 31.4. The molecule has 0 saturated carbocycles. The van der Waals surface area contributed by atoms with Crippen LogP contribution in [0.3, 0.4) is 0 Å². The van der Waals surface area contributed by atoms with Gasteiger partial charge in [-0.05, 0) is 47.9 Å². The molecule has 2 aliphatic rings. The number of amides is 1. The molecule has 0 atom stereocenters. The number of carbonyl (C=O) groups excluding carboxylic acids is 2. The van der Waals surface area contributed by atoms with Crippen LogP contribution < -0.4 is 14.8 Å². The van der Waals surface area contributed by atoms with Gasteiger partial charge in [0, 0.05) is 84.6 Å². The number of rotatable bonds is 11. The number of hydrogen-bond donors (Lipinski definition) is 2. The van der Waals surface area contributed by atoms with Crippen molar-refractivity contribution in [2.24, 2.45) is 5.41 Å². The number of likely N-dealkylation sites (tertiary alicyclic amines) is 2. The second-order valence-electron chi connectivity index (χ2n) is 12.7. The summed E-state index contributed by atoms with van der Waals surface area (Å²) in [7, 11) is 3.29. The Morgan fingerprint density at radius 2 is 1.58 bits per heavy atom. The van der Waals surface area contributed by atoms with Crippen molar-refractivity contribution in [2.45, 2.75) is 41.2 Å². The van der Waals surface area contributed by atoms with E-state index < -0.39 is 0 Å². The fourth-order valence-corrected chi connectivity index (χ4v) is 7.24. The minimum atomic E-state index is 0.208. The molecule has 53 heavy (non-hydrogen) atoms. The third-order valence-electron chi connectivity index (χ3n) is 9.49. The highest BCUT2D eigenvalue weighted by molar-refractivity contribution is 5.98. The highest BCUT2D eigenvalue weighted by atomic mass is 16.5. The maximum absolute atomic E-state index is 11.4. The van der Waals surface area contributed by atoms with E-state index in [2.05, 4.69) is 21.3 Å². The number of ether oxygens (including phenoxy) is 2. The lowest BCUT2D eigenvalue weighted by Crippen LogP contribution is -2.71. The monoisotopic (exact) mass is 714 g/mol. The molecule has 2 saturated heterocycles. The average molecular weight is 715 g/mol. The maximum atomic E-state index is 11.4. The summed E-state index contributed by atoms with van der Waals surface area (Å²) in [6.45, 7) is 14.1. The predicted octanol–water partition coefficient (Wildman–Crippen LogP) is 8.24. The van der Waals surface area contributed by atoms with Crippen LogP contribution in [0.25, 0.3) is 33.7 Å². The molecule has 11 nitrogen and oxygen atoms in total. The Morgan fingerprint density at radius 1 is 0.943 bits per heavy atom. The molecule has 2 N–H and O–H groups in total. The van der Waals surface area contributed by atoms with Crippen LogP contribution in [0, 0.1) is 29.1 Å². The van der Waals surface area contributed by atoms with E-state index in [4.69, 9.17) is 19.3 Å². The number of aromatic nitrogens is 1. The van der Waals surface area contributed by atoms with Crippen molar-refractivity contribution in [3.05, 3.63) is 88.5 Å². The predicted molar refractivity (Wildman–Crippen MR) is 208 cm³/mol. The Morgan fingerprint density at radius 3 is 2.19 bits per heavy atom. The molecule has 2 aliphatic heterocycles. The Labute approximate surface area is 310 Å². The molecule has 1 aromatic heterocycles. The van der Waals surface area contributed by atoms with Crippen molar-refractivity contribution in [1.29, 1.82) is 10.7 Å². The molecule has 1 spiro atoms. The Kier molecular flexibility index (Phi) is 12.0. The van der Waals surface area contributed by atoms with Gasteiger partial charge in [-0.2, -0.15) is 5.26 Å². The third-order valence-corrected chi connectivity index (χ3v) is 9.49. The number of fused-ring (bicyclic) bond motifs is 1. The SMILES string of the molecule is CC.CC.COc1cc(Nc2cccc(-c3cccc(-c4nc5cc(C=O)cc(C#N)c5o4)c3C)c2C=N)cc(OC)c1CN1CC2(CN(C=O)C2)C1. The molecule has 2 fully saturated rings. The van der Waals surface area contributed by atoms with Gasteiger partial charge in [-0.15, -0.1) is 0 Å². The first-order valence-electron chi connectivity index (χ1n) is 17.8. The van der Waals surface area contributed by atoms with Gasteiger partial charge < -0.3 is 29.5 Å². The molecule has 1 amide bonds. The molecular formula is C42H46N6O5. The number of carbonyl (C=O) groups is 2. The van der Waals surface area contributed by atoms with Crippen LogP contribution in [0.5, 0.6) is 11.5 Å². The number of nitriles is 1. The van der Waals surface area contributed by atoms with Crippen LogP contribution in [0.15, 0.2) is 65.1 Å². The van der Waals surface area contributed by atoms with Crippen molar-refractivity contribution < 1.29 is 23.5 Å². The Bertz CT molecular complexity index is 2150. The van der Waals surface area contributed by atoms with Crippen molar-refractivity contribution in [3.8, 4) is 40.1 Å². The Hall–Kier alpha value is -5.99. The first-order chi connectivity index (χ1) is 25.8. The van der Waals surface area contributed by atoms with E-state index in [0.29, 0.717) is 52.4 Å². The van der Waals surface area contributed by atoms with E-state index in [1.165, 1.54) is 12.3 Å². The number of benzene rings is 4. The second-order valence-corrected chi connectivity index (χ2v) is 12.7. The highest BCUT2D eigenvalue weighted by Crippen LogP contribution is 2.43. The van der Waals surface area contributed by atoms with E-state index in [9.17, 15) is 14.9 Å². The number of oxazole rings is 1. The maximum Gasteiger partial charge on any atom is 0.227 e. The van der Waals surface area contributed by atoms with Gasteiger partial charge >= 0.3 is 0 Å². The van der Waals surface area contributed by atoms with Crippen LogP contribution in [0.2, 0.25) is 0 Å². The molecule has 3 heterocycles. The van der Waals surface area contributed by atoms with Crippen LogP contribution in [0.1, 0.15) is 60.3 Å². The highest BCUT2D eigenvalue weighted by Gasteiger charge is 2.51. The molecule has 5 aromatic rings. The van der Waals surface area contributed by atoms with Gasteiger partial charge in [0.2, 0.25) is 12.3 Å². The van der Waals surface area contributed by atoms with E-state index in [-0.39, 0.29) is 11.0 Å². The molecule has 4 aromatic carbocycles. The quantitative estimate of drug-likeness (QED) is 0.102. The van der Waals surface area contributed by atoms with E-state index >= 15 is 0 Å². The van der Waals surface area contributed by atoms with Crippen molar-refractivity contribution in [3.63, 3.8) is 0 Å². The number of hydrogen-bond acceptors (Lipinski definition) is 10. The number of anilines is 2. The summed E-state index contributed by atoms with van der Waals surface area (Å²) in [6.07, 6.45) is 2.93. The van der Waals surface area contributed by atoms with Crippen molar-refractivity contribution in [1.82, 2.24) is 14.8 Å². The summed E-state index contributed by atoms with van der Waals surface area (Å²) in [5.41, 5.74) is 8.01. The molecule has 11 heteroatoms. The zero-order chi connectivity index (χ0) is 38.3. The summed E-state index contributed by atoms with van der Waals surface area (Å²) >= 11 is 0. The van der Waals surface area contributed by atoms with E-state index in [1.54, 1.807) is 20.3 Å². The summed E-state index contributed by atoms with van der Waals surface area (Å²) in [6, 6.07) is 20.7. The summed E-state index contributed by atoms with van der Waals surface area (Å²) in [5, 5.41) is 21.5. The fraction of sp³-hybridized carbons (Fsp3) is 0.310. The van der Waals surface area contributed by atoms with Gasteiger partial charge in [0.05, 0.1) is 25.3 Å². The van der Waals surface area contributed by atoms with Crippen LogP contribution in [-0.4, -0.2) is 74.1 Å². The first-order valence-corrected chi connectivity index (χ1v) is 17.8. The number of nitrogens with zero attached hydrogens (tertiary/aromatic N) is 4. The molecular weight excluding hydrogens is 668 g/mol. The summed E-state index contributed by atoms with van der Waals surface area (Å²) in [4.78, 5) is 31.2. The van der Waals surface area contributed by atoms with Crippen molar-refractivity contribution >= 4 is 41.4 Å². The molecule has 0 aliphatic carbocycles. The third kappa shape index (κ3) is 7.36. The number of aldehydes is 1. The van der Waals surface area contributed by atoms with Gasteiger partial charge in [0.1, 0.15) is 29.4 Å². The topological polar surface area (TPSA) is 145 Å².